The highest BCUT2D eigenvalue weighted by atomic mass is 32.1. The second kappa shape index (κ2) is 3.25. The smallest absolute Gasteiger partial charge is 0.124 e. The van der Waals surface area contributed by atoms with Crippen molar-refractivity contribution >= 4 is 42.4 Å². The van der Waals surface area contributed by atoms with Crippen LogP contribution in [0.2, 0.25) is 0 Å². The van der Waals surface area contributed by atoms with Crippen molar-refractivity contribution < 1.29 is 0 Å². The van der Waals surface area contributed by atoms with Gasteiger partial charge < -0.3 is 0 Å². The van der Waals surface area contributed by atoms with Crippen LogP contribution >= 0.6 is 11.3 Å². The number of aromatic nitrogens is 2. The van der Waals surface area contributed by atoms with Gasteiger partial charge in [-0.2, -0.15) is 0 Å². The summed E-state index contributed by atoms with van der Waals surface area (Å²) in [6.07, 6.45) is 5.59. The lowest BCUT2D eigenvalue weighted by Gasteiger charge is -1.97. The van der Waals surface area contributed by atoms with Gasteiger partial charge in [-0.05, 0) is 35.7 Å². The van der Waals surface area contributed by atoms with Crippen LogP contribution in [0.3, 0.4) is 0 Å². The molecule has 3 heterocycles. The molecule has 0 unspecified atom stereocenters. The molecule has 0 saturated carbocycles. The maximum atomic E-state index is 4.41. The minimum atomic E-state index is 1.10. The summed E-state index contributed by atoms with van der Waals surface area (Å²) in [6.45, 7) is 0. The van der Waals surface area contributed by atoms with Gasteiger partial charge in [0.2, 0.25) is 0 Å². The van der Waals surface area contributed by atoms with Gasteiger partial charge in [0, 0.05) is 39.4 Å². The van der Waals surface area contributed by atoms with E-state index in [1.807, 2.05) is 30.7 Å². The van der Waals surface area contributed by atoms with E-state index < -0.39 is 0 Å². The van der Waals surface area contributed by atoms with E-state index in [4.69, 9.17) is 0 Å². The Bertz CT molecular complexity index is 842. The molecule has 0 radical (unpaired) electrons. The summed E-state index contributed by atoms with van der Waals surface area (Å²) in [5.41, 5.74) is 0. The maximum Gasteiger partial charge on any atom is 0.124 e. The molecular formula is C14H8N2S. The number of hydrogen-bond donors (Lipinski definition) is 0. The third-order valence-electron chi connectivity index (χ3n) is 3.01. The zero-order chi connectivity index (χ0) is 11.2. The van der Waals surface area contributed by atoms with E-state index in [0.717, 1.165) is 4.83 Å². The van der Waals surface area contributed by atoms with Gasteiger partial charge in [0.1, 0.15) is 4.83 Å². The minimum Gasteiger partial charge on any atom is -0.264 e. The summed E-state index contributed by atoms with van der Waals surface area (Å²) in [7, 11) is 0. The average Bonchev–Trinajstić information content (AvgIpc) is 2.73. The third-order valence-corrected chi connectivity index (χ3v) is 4.08. The van der Waals surface area contributed by atoms with Gasteiger partial charge in [0.05, 0.1) is 0 Å². The molecular weight excluding hydrogens is 228 g/mol. The monoisotopic (exact) mass is 236 g/mol. The van der Waals surface area contributed by atoms with Crippen molar-refractivity contribution in [3.05, 3.63) is 48.9 Å². The molecule has 1 aromatic carbocycles. The molecule has 0 amide bonds. The first-order valence-electron chi connectivity index (χ1n) is 5.43. The van der Waals surface area contributed by atoms with Crippen molar-refractivity contribution in [3.63, 3.8) is 0 Å². The molecule has 3 heteroatoms. The van der Waals surface area contributed by atoms with Gasteiger partial charge in [0.15, 0.2) is 0 Å². The van der Waals surface area contributed by atoms with Gasteiger partial charge in [0.25, 0.3) is 0 Å². The van der Waals surface area contributed by atoms with Gasteiger partial charge in [-0.3, -0.25) is 4.98 Å². The van der Waals surface area contributed by atoms with E-state index in [1.165, 1.54) is 26.2 Å². The zero-order valence-corrected chi connectivity index (χ0v) is 9.74. The normalized spacial score (nSPS) is 11.5. The van der Waals surface area contributed by atoms with Crippen LogP contribution in [-0.2, 0) is 0 Å². The maximum absolute atomic E-state index is 4.41. The molecule has 0 atom stereocenters. The fourth-order valence-corrected chi connectivity index (χ4v) is 3.27. The van der Waals surface area contributed by atoms with Crippen LogP contribution in [0.15, 0.2) is 48.9 Å². The molecule has 0 saturated heterocycles. The Morgan fingerprint density at radius 2 is 1.94 bits per heavy atom. The minimum absolute atomic E-state index is 1.10. The number of thiophene rings is 1. The second-order valence-electron chi connectivity index (χ2n) is 4.03. The number of fused-ring (bicyclic) bond motifs is 4. The van der Waals surface area contributed by atoms with Crippen molar-refractivity contribution in [1.82, 2.24) is 9.97 Å². The summed E-state index contributed by atoms with van der Waals surface area (Å²) in [5, 5.41) is 4.93. The first-order valence-corrected chi connectivity index (χ1v) is 6.24. The van der Waals surface area contributed by atoms with Crippen LogP contribution in [-0.4, -0.2) is 9.97 Å². The Morgan fingerprint density at radius 1 is 0.941 bits per heavy atom. The van der Waals surface area contributed by atoms with Gasteiger partial charge in [-0.15, -0.1) is 11.3 Å². The van der Waals surface area contributed by atoms with Crippen LogP contribution in [0, 0.1) is 0 Å². The lowest BCUT2D eigenvalue weighted by molar-refractivity contribution is 1.37. The molecule has 3 aromatic heterocycles. The Morgan fingerprint density at radius 3 is 2.94 bits per heavy atom. The SMILES string of the molecule is c1cnc2sc3cc4ccncc4cc3c2c1. The second-order valence-corrected chi connectivity index (χ2v) is 5.06. The van der Waals surface area contributed by atoms with Crippen LogP contribution in [0.4, 0.5) is 0 Å². The van der Waals surface area contributed by atoms with Crippen molar-refractivity contribution in [2.75, 3.05) is 0 Å². The summed E-state index contributed by atoms with van der Waals surface area (Å²) in [4.78, 5) is 9.69. The van der Waals surface area contributed by atoms with Crippen molar-refractivity contribution in [3.8, 4) is 0 Å². The fourth-order valence-electron chi connectivity index (χ4n) is 2.19. The standard InChI is InChI=1S/C14H8N2S/c1-2-11-12-6-10-8-15-5-3-9(10)7-13(12)17-14(11)16-4-1/h1-8H. The molecule has 0 N–H and O–H groups in total. The highest BCUT2D eigenvalue weighted by molar-refractivity contribution is 7.25. The van der Waals surface area contributed by atoms with Gasteiger partial charge >= 0.3 is 0 Å². The quantitative estimate of drug-likeness (QED) is 0.461. The van der Waals surface area contributed by atoms with Crippen molar-refractivity contribution in [1.29, 1.82) is 0 Å². The van der Waals surface area contributed by atoms with Gasteiger partial charge in [-0.25, -0.2) is 4.98 Å². The topological polar surface area (TPSA) is 25.8 Å². The van der Waals surface area contributed by atoms with Crippen LogP contribution < -0.4 is 0 Å². The first kappa shape index (κ1) is 9.07. The van der Waals surface area contributed by atoms with Gasteiger partial charge in [-0.1, -0.05) is 0 Å². The predicted octanol–water partition coefficient (Wildman–Crippen LogP) is 4.00. The number of pyridine rings is 2. The molecule has 0 spiro atoms. The number of rotatable bonds is 0. The number of hydrogen-bond acceptors (Lipinski definition) is 3. The summed E-state index contributed by atoms with van der Waals surface area (Å²) >= 11 is 1.74. The molecule has 0 fully saturated rings. The van der Waals surface area contributed by atoms with Crippen molar-refractivity contribution in [2.45, 2.75) is 0 Å². The highest BCUT2D eigenvalue weighted by Gasteiger charge is 2.06. The first-order chi connectivity index (χ1) is 8.42. The van der Waals surface area contributed by atoms with Crippen LogP contribution in [0.1, 0.15) is 0 Å². The predicted molar refractivity (Wildman–Crippen MR) is 72.4 cm³/mol. The number of nitrogens with zero attached hydrogens (tertiary/aromatic N) is 2. The lowest BCUT2D eigenvalue weighted by atomic mass is 10.1. The highest BCUT2D eigenvalue weighted by Crippen LogP contribution is 2.34. The zero-order valence-electron chi connectivity index (χ0n) is 8.92. The molecule has 2 nitrogen and oxygen atoms in total. The molecule has 4 aromatic rings. The third kappa shape index (κ3) is 1.26. The lowest BCUT2D eigenvalue weighted by Crippen LogP contribution is -1.74. The Balaban J connectivity index is 2.28. The van der Waals surface area contributed by atoms with E-state index >= 15 is 0 Å². The summed E-state index contributed by atoms with van der Waals surface area (Å²) < 4.78 is 1.29. The van der Waals surface area contributed by atoms with E-state index in [-0.39, 0.29) is 0 Å². The molecule has 80 valence electrons. The largest absolute Gasteiger partial charge is 0.264 e. The molecule has 0 aliphatic rings. The van der Waals surface area contributed by atoms with E-state index in [9.17, 15) is 0 Å². The van der Waals surface area contributed by atoms with E-state index in [2.05, 4.69) is 28.2 Å². The van der Waals surface area contributed by atoms with Crippen molar-refractivity contribution in [2.24, 2.45) is 0 Å². The molecule has 4 rings (SSSR count). The Labute approximate surface area is 102 Å². The number of benzene rings is 1. The summed E-state index contributed by atoms with van der Waals surface area (Å²) in [5.74, 6) is 0. The molecule has 0 bridgehead atoms. The Hall–Kier alpha value is -2.00. The van der Waals surface area contributed by atoms with Crippen LogP contribution in [0.25, 0.3) is 31.1 Å². The molecule has 17 heavy (non-hydrogen) atoms. The summed E-state index contributed by atoms with van der Waals surface area (Å²) in [6, 6.07) is 10.6. The molecule has 0 aliphatic carbocycles. The average molecular weight is 236 g/mol. The van der Waals surface area contributed by atoms with E-state index in [0.29, 0.717) is 0 Å². The Kier molecular flexibility index (Phi) is 1.73. The van der Waals surface area contributed by atoms with Crippen LogP contribution in [0.5, 0.6) is 0 Å². The fraction of sp³-hybridized carbons (Fsp3) is 0. The van der Waals surface area contributed by atoms with E-state index in [1.54, 1.807) is 11.3 Å². The molecule has 0 aliphatic heterocycles.